The number of hydrogen-bond acceptors (Lipinski definition) is 5. The summed E-state index contributed by atoms with van der Waals surface area (Å²) in [4.78, 5) is 17.1. The smallest absolute Gasteiger partial charge is 0.259 e. The molecule has 0 unspecified atom stereocenters. The Morgan fingerprint density at radius 2 is 1.97 bits per heavy atom. The summed E-state index contributed by atoms with van der Waals surface area (Å²) in [6.07, 6.45) is 4.63. The molecule has 2 heterocycles. The molecule has 32 heavy (non-hydrogen) atoms. The van der Waals surface area contributed by atoms with Crippen LogP contribution in [-0.2, 0) is 5.41 Å². The molecule has 4 rings (SSSR count). The molecule has 1 aliphatic rings. The fourth-order valence-electron chi connectivity index (χ4n) is 3.98. The number of carbonyl (C=O) groups excluding carboxylic acids is 1. The van der Waals surface area contributed by atoms with Gasteiger partial charge < -0.3 is 10.4 Å². The summed E-state index contributed by atoms with van der Waals surface area (Å²) < 4.78 is 28.1. The van der Waals surface area contributed by atoms with Crippen molar-refractivity contribution in [3.63, 3.8) is 0 Å². The second-order valence-corrected chi connectivity index (χ2v) is 7.97. The molecular formula is C23H21F2N5O2. The number of nitrogens with one attached hydrogen (secondary N) is 1. The summed E-state index contributed by atoms with van der Waals surface area (Å²) >= 11 is 0. The van der Waals surface area contributed by atoms with Crippen molar-refractivity contribution in [2.45, 2.75) is 44.1 Å². The Kier molecular flexibility index (Phi) is 5.72. The predicted octanol–water partition coefficient (Wildman–Crippen LogP) is 3.80. The average molecular weight is 437 g/mol. The van der Waals surface area contributed by atoms with Crippen molar-refractivity contribution >= 4 is 11.6 Å². The third kappa shape index (κ3) is 3.97. The second kappa shape index (κ2) is 8.48. The largest absolute Gasteiger partial charge is 0.393 e. The van der Waals surface area contributed by atoms with Gasteiger partial charge >= 0.3 is 0 Å². The van der Waals surface area contributed by atoms with Crippen LogP contribution in [0.2, 0.25) is 0 Å². The molecule has 0 radical (unpaired) electrons. The van der Waals surface area contributed by atoms with Gasteiger partial charge in [-0.1, -0.05) is 0 Å². The van der Waals surface area contributed by atoms with Crippen molar-refractivity contribution in [1.29, 1.82) is 5.26 Å². The van der Waals surface area contributed by atoms with Crippen LogP contribution in [0.25, 0.3) is 5.69 Å². The molecule has 0 bridgehead atoms. The highest BCUT2D eigenvalue weighted by Crippen LogP contribution is 2.38. The predicted molar refractivity (Wildman–Crippen MR) is 112 cm³/mol. The molecular weight excluding hydrogens is 416 g/mol. The van der Waals surface area contributed by atoms with E-state index in [1.807, 2.05) is 0 Å². The maximum Gasteiger partial charge on any atom is 0.259 e. The molecule has 1 amide bonds. The number of amides is 1. The molecule has 2 N–H and O–H groups in total. The number of aliphatic hydroxyl groups excluding tert-OH is 1. The average Bonchev–Trinajstić information content (AvgIpc) is 3.18. The minimum atomic E-state index is -1.00. The van der Waals surface area contributed by atoms with E-state index in [2.05, 4.69) is 21.5 Å². The summed E-state index contributed by atoms with van der Waals surface area (Å²) in [5.41, 5.74) is 1.36. The molecule has 7 nitrogen and oxygen atoms in total. The van der Waals surface area contributed by atoms with Crippen LogP contribution in [0.3, 0.4) is 0 Å². The maximum atomic E-state index is 13.6. The van der Waals surface area contributed by atoms with Crippen molar-refractivity contribution in [2.75, 3.05) is 5.32 Å². The van der Waals surface area contributed by atoms with Crippen molar-refractivity contribution in [1.82, 2.24) is 14.8 Å². The fraction of sp³-hybridized carbons (Fsp3) is 0.304. The van der Waals surface area contributed by atoms with Gasteiger partial charge in [0.05, 0.1) is 58.3 Å². The Bertz CT molecular complexity index is 1190. The van der Waals surface area contributed by atoms with Gasteiger partial charge in [0.25, 0.3) is 5.91 Å². The third-order valence-corrected chi connectivity index (χ3v) is 5.94. The van der Waals surface area contributed by atoms with Gasteiger partial charge in [-0.05, 0) is 56.9 Å². The summed E-state index contributed by atoms with van der Waals surface area (Å²) in [7, 11) is 0. The monoisotopic (exact) mass is 437 g/mol. The van der Waals surface area contributed by atoms with E-state index in [0.717, 1.165) is 12.1 Å². The Balaban J connectivity index is 1.51. The molecule has 9 heteroatoms. The zero-order valence-corrected chi connectivity index (χ0v) is 17.3. The van der Waals surface area contributed by atoms with Gasteiger partial charge in [0, 0.05) is 6.07 Å². The fourth-order valence-corrected chi connectivity index (χ4v) is 3.98. The van der Waals surface area contributed by atoms with E-state index in [-0.39, 0.29) is 11.7 Å². The lowest BCUT2D eigenvalue weighted by Gasteiger charge is -2.32. The molecule has 164 valence electrons. The normalized spacial score (nSPS) is 20.5. The molecule has 0 atom stereocenters. The van der Waals surface area contributed by atoms with Gasteiger partial charge in [0.1, 0.15) is 0 Å². The van der Waals surface area contributed by atoms with Gasteiger partial charge in [0.2, 0.25) is 0 Å². The van der Waals surface area contributed by atoms with Crippen LogP contribution in [0.1, 0.15) is 47.4 Å². The lowest BCUT2D eigenvalue weighted by atomic mass is 9.72. The lowest BCUT2D eigenvalue weighted by molar-refractivity contribution is 0.102. The molecule has 0 aliphatic heterocycles. The zero-order chi connectivity index (χ0) is 22.9. The van der Waals surface area contributed by atoms with Crippen LogP contribution >= 0.6 is 0 Å². The summed E-state index contributed by atoms with van der Waals surface area (Å²) in [6.45, 7) is 1.65. The number of rotatable bonds is 4. The van der Waals surface area contributed by atoms with Gasteiger partial charge in [-0.2, -0.15) is 10.4 Å². The van der Waals surface area contributed by atoms with Crippen molar-refractivity contribution in [3.05, 3.63) is 71.3 Å². The first kappa shape index (κ1) is 21.6. The highest BCUT2D eigenvalue weighted by atomic mass is 19.2. The number of nitrogens with zero attached hydrogens (tertiary/aromatic N) is 4. The Morgan fingerprint density at radius 1 is 1.22 bits per heavy atom. The first-order valence-electron chi connectivity index (χ1n) is 10.2. The molecule has 1 fully saturated rings. The third-order valence-electron chi connectivity index (χ3n) is 5.94. The van der Waals surface area contributed by atoms with E-state index in [9.17, 15) is 23.9 Å². The number of halogens is 2. The summed E-state index contributed by atoms with van der Waals surface area (Å²) in [5.74, 6) is -2.39. The molecule has 1 aliphatic carbocycles. The van der Waals surface area contributed by atoms with Crippen LogP contribution in [0.4, 0.5) is 14.5 Å². The molecule has 0 spiro atoms. The summed E-state index contributed by atoms with van der Waals surface area (Å²) in [5, 5.41) is 26.3. The van der Waals surface area contributed by atoms with Gasteiger partial charge in [-0.25, -0.2) is 13.5 Å². The SMILES string of the molecule is Cc1c(C(=O)Nc2ccc([C@]3(C#N)CC[C@@H](O)CC3)nc2)cnn1-c1ccc(F)c(F)c1. The first-order chi connectivity index (χ1) is 15.3. The zero-order valence-electron chi connectivity index (χ0n) is 17.3. The highest BCUT2D eigenvalue weighted by Gasteiger charge is 2.37. The number of aromatic nitrogens is 3. The van der Waals surface area contributed by atoms with E-state index in [0.29, 0.717) is 48.4 Å². The Morgan fingerprint density at radius 3 is 2.59 bits per heavy atom. The molecule has 3 aromatic rings. The van der Waals surface area contributed by atoms with E-state index >= 15 is 0 Å². The maximum absolute atomic E-state index is 13.6. The van der Waals surface area contributed by atoms with E-state index < -0.39 is 23.0 Å². The van der Waals surface area contributed by atoms with Crippen LogP contribution < -0.4 is 5.32 Å². The minimum Gasteiger partial charge on any atom is -0.393 e. The van der Waals surface area contributed by atoms with Crippen LogP contribution in [0.5, 0.6) is 0 Å². The van der Waals surface area contributed by atoms with Gasteiger partial charge in [0.15, 0.2) is 11.6 Å². The number of aliphatic hydroxyl groups is 1. The standard InChI is InChI=1S/C23H21F2N5O2/c1-14-18(12-28-30(14)16-3-4-19(24)20(25)10-16)22(32)29-15-2-5-21(27-11-15)23(13-26)8-6-17(31)7-9-23/h2-5,10-12,17,31H,6-9H2,1H3,(H,29,32)/t17-,23-. The quantitative estimate of drug-likeness (QED) is 0.646. The minimum absolute atomic E-state index is 0.272. The van der Waals surface area contributed by atoms with Crippen LogP contribution in [0.15, 0.2) is 42.7 Å². The number of hydrogen-bond donors (Lipinski definition) is 2. The Hall–Kier alpha value is -3.64. The number of pyridine rings is 1. The molecule has 0 saturated heterocycles. The number of nitriles is 1. The van der Waals surface area contributed by atoms with Gasteiger partial charge in [-0.3, -0.25) is 9.78 Å². The second-order valence-electron chi connectivity index (χ2n) is 7.97. The van der Waals surface area contributed by atoms with E-state index in [1.54, 1.807) is 19.1 Å². The number of anilines is 1. The topological polar surface area (TPSA) is 104 Å². The summed E-state index contributed by atoms with van der Waals surface area (Å²) in [6, 6.07) is 9.13. The van der Waals surface area contributed by atoms with Gasteiger partial charge in [-0.15, -0.1) is 0 Å². The van der Waals surface area contributed by atoms with Crippen molar-refractivity contribution < 1.29 is 18.7 Å². The molecule has 1 saturated carbocycles. The highest BCUT2D eigenvalue weighted by molar-refractivity contribution is 6.04. The number of carbonyl (C=O) groups is 1. The lowest BCUT2D eigenvalue weighted by Crippen LogP contribution is -2.33. The Labute approximate surface area is 183 Å². The van der Waals surface area contributed by atoms with Crippen molar-refractivity contribution in [2.24, 2.45) is 0 Å². The van der Waals surface area contributed by atoms with Crippen molar-refractivity contribution in [3.8, 4) is 11.8 Å². The molecule has 2 aromatic heterocycles. The van der Waals surface area contributed by atoms with E-state index in [1.165, 1.54) is 23.1 Å². The van der Waals surface area contributed by atoms with E-state index in [4.69, 9.17) is 0 Å². The first-order valence-corrected chi connectivity index (χ1v) is 10.2. The number of benzene rings is 1. The van der Waals surface area contributed by atoms with Crippen LogP contribution in [0, 0.1) is 29.9 Å². The molecule has 1 aromatic carbocycles. The van der Waals surface area contributed by atoms with Crippen LogP contribution in [-0.4, -0.2) is 31.9 Å².